The standard InChI is InChI=1S/C20H30O3/c1-2-3-4-5-9-12-15-18-19(23-18)16-13-10-7-6-8-11-14-17-20(21)22/h3-4,6,8-10,12-13,18-19H,2,5,7,11,14-17H2,1H3,(H,21,22)/b4-3-,8-6-,12-9-,13-10-/t18-,19+/m1/s1. The molecule has 128 valence electrons. The summed E-state index contributed by atoms with van der Waals surface area (Å²) in [4.78, 5) is 10.3. The third-order valence-corrected chi connectivity index (χ3v) is 3.63. The van der Waals surface area contributed by atoms with E-state index in [1.807, 2.05) is 0 Å². The van der Waals surface area contributed by atoms with Crippen LogP contribution >= 0.6 is 0 Å². The molecule has 0 aromatic rings. The number of aliphatic carboxylic acids is 1. The molecule has 1 aliphatic heterocycles. The van der Waals surface area contributed by atoms with Crippen LogP contribution in [-0.4, -0.2) is 23.3 Å². The van der Waals surface area contributed by atoms with E-state index in [-0.39, 0.29) is 6.42 Å². The highest BCUT2D eigenvalue weighted by Gasteiger charge is 2.35. The zero-order chi connectivity index (χ0) is 16.8. The Morgan fingerprint density at radius 1 is 0.913 bits per heavy atom. The Morgan fingerprint density at radius 3 is 2.04 bits per heavy atom. The van der Waals surface area contributed by atoms with Crippen molar-refractivity contribution in [3.8, 4) is 0 Å². The van der Waals surface area contributed by atoms with Gasteiger partial charge in [-0.15, -0.1) is 0 Å². The molecule has 23 heavy (non-hydrogen) atoms. The summed E-state index contributed by atoms with van der Waals surface area (Å²) in [6.45, 7) is 2.14. The van der Waals surface area contributed by atoms with Crippen LogP contribution in [0.15, 0.2) is 48.6 Å². The van der Waals surface area contributed by atoms with E-state index in [0.717, 1.165) is 44.9 Å². The molecule has 1 rings (SSSR count). The summed E-state index contributed by atoms with van der Waals surface area (Å²) in [5.74, 6) is -0.718. The van der Waals surface area contributed by atoms with Gasteiger partial charge in [0.25, 0.3) is 0 Å². The number of carboxylic acids is 1. The molecule has 3 heteroatoms. The topological polar surface area (TPSA) is 49.8 Å². The molecule has 1 saturated heterocycles. The molecule has 0 aliphatic carbocycles. The molecule has 2 atom stereocenters. The quantitative estimate of drug-likeness (QED) is 0.288. The molecule has 3 nitrogen and oxygen atoms in total. The van der Waals surface area contributed by atoms with Crippen LogP contribution in [0, 0.1) is 0 Å². The maximum absolute atomic E-state index is 10.3. The van der Waals surface area contributed by atoms with Crippen molar-refractivity contribution >= 4 is 5.97 Å². The third-order valence-electron chi connectivity index (χ3n) is 3.63. The maximum Gasteiger partial charge on any atom is 0.303 e. The van der Waals surface area contributed by atoms with Gasteiger partial charge < -0.3 is 9.84 Å². The highest BCUT2D eigenvalue weighted by molar-refractivity contribution is 5.66. The minimum absolute atomic E-state index is 0.254. The Bertz CT molecular complexity index is 432. The number of carboxylic acid groups (broad SMARTS) is 1. The van der Waals surface area contributed by atoms with Gasteiger partial charge in [0.2, 0.25) is 0 Å². The zero-order valence-corrected chi connectivity index (χ0v) is 14.2. The molecule has 1 fully saturated rings. The van der Waals surface area contributed by atoms with Crippen LogP contribution < -0.4 is 0 Å². The summed E-state index contributed by atoms with van der Waals surface area (Å²) < 4.78 is 5.63. The first-order valence-electron chi connectivity index (χ1n) is 8.71. The van der Waals surface area contributed by atoms with Crippen molar-refractivity contribution in [2.24, 2.45) is 0 Å². The molecule has 0 saturated carbocycles. The van der Waals surface area contributed by atoms with Gasteiger partial charge in [-0.2, -0.15) is 0 Å². The highest BCUT2D eigenvalue weighted by Crippen LogP contribution is 2.29. The molecule has 0 amide bonds. The Kier molecular flexibility index (Phi) is 10.9. The molecule has 1 aliphatic rings. The molecule has 0 unspecified atom stereocenters. The second kappa shape index (κ2) is 12.9. The summed E-state index contributed by atoms with van der Waals surface area (Å²) in [6, 6.07) is 0. The first-order chi connectivity index (χ1) is 11.2. The predicted octanol–water partition coefficient (Wildman–Crippen LogP) is 5.20. The van der Waals surface area contributed by atoms with E-state index < -0.39 is 5.97 Å². The van der Waals surface area contributed by atoms with Gasteiger partial charge in [0.05, 0.1) is 12.2 Å². The average Bonchev–Trinajstić information content (AvgIpc) is 3.27. The minimum Gasteiger partial charge on any atom is -0.481 e. The largest absolute Gasteiger partial charge is 0.481 e. The zero-order valence-electron chi connectivity index (χ0n) is 14.2. The summed E-state index contributed by atoms with van der Waals surface area (Å²) in [5, 5.41) is 8.51. The van der Waals surface area contributed by atoms with Crippen LogP contribution in [0.4, 0.5) is 0 Å². The van der Waals surface area contributed by atoms with Crippen LogP contribution in [-0.2, 0) is 9.53 Å². The van der Waals surface area contributed by atoms with Gasteiger partial charge in [-0.1, -0.05) is 55.5 Å². The van der Waals surface area contributed by atoms with E-state index in [2.05, 4.69) is 55.5 Å². The molecule has 0 aromatic heterocycles. The number of ether oxygens (including phenoxy) is 1. The van der Waals surface area contributed by atoms with Gasteiger partial charge in [0.1, 0.15) is 0 Å². The number of rotatable bonds is 13. The Balaban J connectivity index is 1.95. The number of epoxide rings is 1. The van der Waals surface area contributed by atoms with E-state index in [4.69, 9.17) is 9.84 Å². The van der Waals surface area contributed by atoms with Crippen LogP contribution in [0.3, 0.4) is 0 Å². The summed E-state index contributed by atoms with van der Waals surface area (Å²) in [6.07, 6.45) is 24.9. The molecular formula is C20H30O3. The summed E-state index contributed by atoms with van der Waals surface area (Å²) in [7, 11) is 0. The number of carbonyl (C=O) groups is 1. The lowest BCUT2D eigenvalue weighted by molar-refractivity contribution is -0.137. The van der Waals surface area contributed by atoms with E-state index in [1.165, 1.54) is 0 Å². The van der Waals surface area contributed by atoms with Gasteiger partial charge in [0.15, 0.2) is 0 Å². The van der Waals surface area contributed by atoms with Crippen molar-refractivity contribution in [3.63, 3.8) is 0 Å². The maximum atomic E-state index is 10.3. The van der Waals surface area contributed by atoms with Crippen LogP contribution in [0.5, 0.6) is 0 Å². The van der Waals surface area contributed by atoms with Gasteiger partial charge in [0, 0.05) is 6.42 Å². The van der Waals surface area contributed by atoms with Gasteiger partial charge in [-0.25, -0.2) is 0 Å². The minimum atomic E-state index is -0.718. The Morgan fingerprint density at radius 2 is 1.48 bits per heavy atom. The van der Waals surface area contributed by atoms with Gasteiger partial charge >= 0.3 is 5.97 Å². The van der Waals surface area contributed by atoms with Crippen LogP contribution in [0.1, 0.15) is 58.3 Å². The van der Waals surface area contributed by atoms with Gasteiger partial charge in [-0.05, 0) is 44.9 Å². The first kappa shape index (κ1) is 19.4. The molecule has 0 spiro atoms. The van der Waals surface area contributed by atoms with Gasteiger partial charge in [-0.3, -0.25) is 4.79 Å². The molecule has 0 radical (unpaired) electrons. The van der Waals surface area contributed by atoms with Crippen molar-refractivity contribution in [1.82, 2.24) is 0 Å². The van der Waals surface area contributed by atoms with E-state index in [9.17, 15) is 4.79 Å². The van der Waals surface area contributed by atoms with Crippen molar-refractivity contribution in [2.75, 3.05) is 0 Å². The number of hydrogen-bond acceptors (Lipinski definition) is 2. The monoisotopic (exact) mass is 318 g/mol. The van der Waals surface area contributed by atoms with E-state index in [1.54, 1.807) is 0 Å². The molecule has 0 aromatic carbocycles. The Hall–Kier alpha value is -1.61. The van der Waals surface area contributed by atoms with Crippen LogP contribution in [0.25, 0.3) is 0 Å². The van der Waals surface area contributed by atoms with E-state index in [0.29, 0.717) is 12.2 Å². The Labute approximate surface area is 140 Å². The molecular weight excluding hydrogens is 288 g/mol. The lowest BCUT2D eigenvalue weighted by Crippen LogP contribution is -1.92. The SMILES string of the molecule is CC/C=C\C/C=C\C[C@H]1O[C@H]1C/C=C\C/C=C\CCCC(=O)O. The summed E-state index contributed by atoms with van der Waals surface area (Å²) >= 11 is 0. The third kappa shape index (κ3) is 11.6. The fraction of sp³-hybridized carbons (Fsp3) is 0.550. The first-order valence-corrected chi connectivity index (χ1v) is 8.71. The van der Waals surface area contributed by atoms with Crippen molar-refractivity contribution in [2.45, 2.75) is 70.5 Å². The van der Waals surface area contributed by atoms with Crippen LogP contribution in [0.2, 0.25) is 0 Å². The predicted molar refractivity (Wildman–Crippen MR) is 95.5 cm³/mol. The second-order valence-corrected chi connectivity index (χ2v) is 5.74. The highest BCUT2D eigenvalue weighted by atomic mass is 16.6. The van der Waals surface area contributed by atoms with E-state index >= 15 is 0 Å². The lowest BCUT2D eigenvalue weighted by Gasteiger charge is -1.90. The second-order valence-electron chi connectivity index (χ2n) is 5.74. The number of unbranched alkanes of at least 4 members (excludes halogenated alkanes) is 1. The summed E-state index contributed by atoms with van der Waals surface area (Å²) in [5.41, 5.74) is 0. The van der Waals surface area contributed by atoms with Crippen molar-refractivity contribution in [3.05, 3.63) is 48.6 Å². The van der Waals surface area contributed by atoms with Crippen molar-refractivity contribution < 1.29 is 14.6 Å². The smallest absolute Gasteiger partial charge is 0.303 e. The molecule has 1 N–H and O–H groups in total. The molecule has 1 heterocycles. The fourth-order valence-electron chi connectivity index (χ4n) is 2.25. The number of hydrogen-bond donors (Lipinski definition) is 1. The molecule has 0 bridgehead atoms. The number of allylic oxidation sites excluding steroid dienone is 6. The average molecular weight is 318 g/mol. The lowest BCUT2D eigenvalue weighted by atomic mass is 10.1. The van der Waals surface area contributed by atoms with Crippen molar-refractivity contribution in [1.29, 1.82) is 0 Å². The fourth-order valence-corrected chi connectivity index (χ4v) is 2.25. The normalized spacial score (nSPS) is 21.3.